The van der Waals surface area contributed by atoms with Crippen LogP contribution in [0.1, 0.15) is 28.8 Å². The van der Waals surface area contributed by atoms with Crippen molar-refractivity contribution in [2.45, 2.75) is 25.5 Å². The highest BCUT2D eigenvalue weighted by atomic mass is 16.5. The summed E-state index contributed by atoms with van der Waals surface area (Å²) in [6.45, 7) is 0.301. The van der Waals surface area contributed by atoms with Crippen molar-refractivity contribution in [1.82, 2.24) is 5.32 Å². The van der Waals surface area contributed by atoms with Gasteiger partial charge in [-0.2, -0.15) is 0 Å². The molecule has 1 atom stereocenters. The summed E-state index contributed by atoms with van der Waals surface area (Å²) in [4.78, 5) is 40.2. The number of nitrogens with zero attached hydrogens (tertiary/aromatic N) is 1. The van der Waals surface area contributed by atoms with Gasteiger partial charge in [-0.05, 0) is 30.5 Å². The Bertz CT molecular complexity index is 929. The van der Waals surface area contributed by atoms with Gasteiger partial charge >= 0.3 is 12.1 Å². The van der Waals surface area contributed by atoms with Crippen molar-refractivity contribution in [3.8, 4) is 0 Å². The number of carbonyl (C=O) groups excluding carboxylic acids is 2. The molecule has 0 bridgehead atoms. The first-order valence-electron chi connectivity index (χ1n) is 9.52. The Morgan fingerprint density at radius 1 is 1.03 bits per heavy atom. The predicted molar refractivity (Wildman–Crippen MR) is 115 cm³/mol. The number of aromatic carboxylic acids is 1. The standard InChI is InChI=1S/C21H25N5O5/c22-20(23)24-12-6-11-17(26-21(30)31-13-14-7-2-1-3-8-14)18(27)25-16-10-5-4-9-15(16)19(28)29/h1-5,7-10,17H,6,11-13H2,(H,25,27)(H,26,30)(H,28,29)(H4,22,23,24)/t17-/m0/s1. The van der Waals surface area contributed by atoms with Crippen LogP contribution in [-0.4, -0.2) is 41.6 Å². The molecule has 2 rings (SSSR count). The minimum absolute atomic E-state index is 0.0386. The SMILES string of the molecule is NC(N)=NCCC[C@H](NC(=O)OCc1ccccc1)C(=O)Nc1ccccc1C(=O)O. The summed E-state index contributed by atoms with van der Waals surface area (Å²) in [7, 11) is 0. The Labute approximate surface area is 179 Å². The lowest BCUT2D eigenvalue weighted by Crippen LogP contribution is -2.44. The average Bonchev–Trinajstić information content (AvgIpc) is 2.75. The molecule has 0 aliphatic heterocycles. The zero-order valence-corrected chi connectivity index (χ0v) is 16.8. The number of guanidine groups is 1. The van der Waals surface area contributed by atoms with Gasteiger partial charge in [-0.3, -0.25) is 9.79 Å². The van der Waals surface area contributed by atoms with E-state index in [1.807, 2.05) is 18.2 Å². The minimum atomic E-state index is -1.18. The van der Waals surface area contributed by atoms with E-state index in [0.29, 0.717) is 6.42 Å². The quantitative estimate of drug-likeness (QED) is 0.218. The number of carboxylic acids is 1. The maximum absolute atomic E-state index is 12.8. The summed E-state index contributed by atoms with van der Waals surface area (Å²) in [6, 6.07) is 14.1. The highest BCUT2D eigenvalue weighted by molar-refractivity contribution is 6.02. The van der Waals surface area contributed by atoms with E-state index in [4.69, 9.17) is 16.2 Å². The molecule has 7 N–H and O–H groups in total. The number of para-hydroxylation sites is 1. The van der Waals surface area contributed by atoms with E-state index in [1.165, 1.54) is 12.1 Å². The van der Waals surface area contributed by atoms with Crippen molar-refractivity contribution < 1.29 is 24.2 Å². The van der Waals surface area contributed by atoms with Crippen molar-refractivity contribution >= 4 is 29.6 Å². The Morgan fingerprint density at radius 3 is 2.39 bits per heavy atom. The molecule has 0 saturated carbocycles. The summed E-state index contributed by atoms with van der Waals surface area (Å²) < 4.78 is 5.17. The lowest BCUT2D eigenvalue weighted by molar-refractivity contribution is -0.118. The second-order valence-corrected chi connectivity index (χ2v) is 6.55. The Kier molecular flexibility index (Phi) is 8.84. The largest absolute Gasteiger partial charge is 0.478 e. The highest BCUT2D eigenvalue weighted by Crippen LogP contribution is 2.16. The highest BCUT2D eigenvalue weighted by Gasteiger charge is 2.23. The van der Waals surface area contributed by atoms with Crippen LogP contribution in [0.25, 0.3) is 0 Å². The first-order valence-corrected chi connectivity index (χ1v) is 9.52. The van der Waals surface area contributed by atoms with Crippen molar-refractivity contribution in [2.24, 2.45) is 16.5 Å². The number of nitrogens with one attached hydrogen (secondary N) is 2. The third-order valence-corrected chi connectivity index (χ3v) is 4.18. The second-order valence-electron chi connectivity index (χ2n) is 6.55. The number of carbonyl (C=O) groups is 3. The molecule has 31 heavy (non-hydrogen) atoms. The van der Waals surface area contributed by atoms with Crippen LogP contribution >= 0.6 is 0 Å². The molecule has 0 unspecified atom stereocenters. The molecule has 0 radical (unpaired) electrons. The number of carboxylic acid groups (broad SMARTS) is 1. The average molecular weight is 427 g/mol. The summed E-state index contributed by atoms with van der Waals surface area (Å²) in [5.74, 6) is -1.85. The first kappa shape index (κ1) is 23.2. The van der Waals surface area contributed by atoms with Gasteiger partial charge in [-0.25, -0.2) is 9.59 Å². The summed E-state index contributed by atoms with van der Waals surface area (Å²) >= 11 is 0. The van der Waals surface area contributed by atoms with Gasteiger partial charge in [-0.15, -0.1) is 0 Å². The normalized spacial score (nSPS) is 11.1. The fraction of sp³-hybridized carbons (Fsp3) is 0.238. The molecular weight excluding hydrogens is 402 g/mol. The lowest BCUT2D eigenvalue weighted by Gasteiger charge is -2.19. The van der Waals surface area contributed by atoms with Gasteiger partial charge in [0.2, 0.25) is 5.91 Å². The Morgan fingerprint density at radius 2 is 1.71 bits per heavy atom. The number of aliphatic imine (C=N–C) groups is 1. The van der Waals surface area contributed by atoms with E-state index >= 15 is 0 Å². The zero-order chi connectivity index (χ0) is 22.6. The fourth-order valence-corrected chi connectivity index (χ4v) is 2.68. The molecule has 2 aromatic rings. The molecule has 0 aliphatic rings. The van der Waals surface area contributed by atoms with Crippen LogP contribution in [0.4, 0.5) is 10.5 Å². The van der Waals surface area contributed by atoms with Crippen LogP contribution in [0, 0.1) is 0 Å². The maximum atomic E-state index is 12.8. The number of alkyl carbamates (subject to hydrolysis) is 1. The van der Waals surface area contributed by atoms with Crippen molar-refractivity contribution in [1.29, 1.82) is 0 Å². The van der Waals surface area contributed by atoms with E-state index in [9.17, 15) is 19.5 Å². The van der Waals surface area contributed by atoms with Gasteiger partial charge < -0.3 is 31.9 Å². The van der Waals surface area contributed by atoms with Crippen molar-refractivity contribution in [3.05, 3.63) is 65.7 Å². The van der Waals surface area contributed by atoms with Gasteiger partial charge in [0.15, 0.2) is 5.96 Å². The van der Waals surface area contributed by atoms with Crippen LogP contribution in [-0.2, 0) is 16.1 Å². The van der Waals surface area contributed by atoms with Crippen molar-refractivity contribution in [2.75, 3.05) is 11.9 Å². The molecule has 2 aromatic carbocycles. The third-order valence-electron chi connectivity index (χ3n) is 4.18. The maximum Gasteiger partial charge on any atom is 0.408 e. The lowest BCUT2D eigenvalue weighted by atomic mass is 10.1. The third kappa shape index (κ3) is 8.05. The summed E-state index contributed by atoms with van der Waals surface area (Å²) in [5.41, 5.74) is 11.4. The van der Waals surface area contributed by atoms with E-state index in [1.54, 1.807) is 24.3 Å². The first-order chi connectivity index (χ1) is 14.9. The van der Waals surface area contributed by atoms with E-state index in [2.05, 4.69) is 15.6 Å². The van der Waals surface area contributed by atoms with Crippen LogP contribution < -0.4 is 22.1 Å². The molecule has 164 valence electrons. The number of amides is 2. The number of rotatable bonds is 10. The summed E-state index contributed by atoms with van der Waals surface area (Å²) in [6.07, 6.45) is -0.175. The van der Waals surface area contributed by atoms with Gasteiger partial charge in [0.25, 0.3) is 0 Å². The molecule has 0 fully saturated rings. The van der Waals surface area contributed by atoms with Crippen molar-refractivity contribution in [3.63, 3.8) is 0 Å². The molecule has 10 heteroatoms. The minimum Gasteiger partial charge on any atom is -0.478 e. The van der Waals surface area contributed by atoms with Gasteiger partial charge in [0.05, 0.1) is 11.3 Å². The Balaban J connectivity index is 2.04. The zero-order valence-electron chi connectivity index (χ0n) is 16.8. The van der Waals surface area contributed by atoms with Crippen LogP contribution in [0.3, 0.4) is 0 Å². The molecule has 0 saturated heterocycles. The number of benzene rings is 2. The fourth-order valence-electron chi connectivity index (χ4n) is 2.68. The number of hydrogen-bond acceptors (Lipinski definition) is 5. The molecule has 0 heterocycles. The molecule has 0 aliphatic carbocycles. The molecule has 2 amide bonds. The monoisotopic (exact) mass is 427 g/mol. The van der Waals surface area contributed by atoms with Gasteiger partial charge in [0, 0.05) is 6.54 Å². The van der Waals surface area contributed by atoms with E-state index in [-0.39, 0.29) is 36.8 Å². The number of anilines is 1. The van der Waals surface area contributed by atoms with Crippen LogP contribution in [0.15, 0.2) is 59.6 Å². The topological polar surface area (TPSA) is 169 Å². The molecule has 0 spiro atoms. The number of ether oxygens (including phenoxy) is 1. The smallest absolute Gasteiger partial charge is 0.408 e. The van der Waals surface area contributed by atoms with Crippen LogP contribution in [0.5, 0.6) is 0 Å². The van der Waals surface area contributed by atoms with Crippen LogP contribution in [0.2, 0.25) is 0 Å². The van der Waals surface area contributed by atoms with Gasteiger partial charge in [-0.1, -0.05) is 42.5 Å². The Hall–Kier alpha value is -4.08. The van der Waals surface area contributed by atoms with E-state index in [0.717, 1.165) is 5.56 Å². The molecule has 0 aromatic heterocycles. The van der Waals surface area contributed by atoms with Gasteiger partial charge in [0.1, 0.15) is 12.6 Å². The predicted octanol–water partition coefficient (Wildman–Crippen LogP) is 1.67. The van der Waals surface area contributed by atoms with E-state index < -0.39 is 24.0 Å². The number of nitrogens with two attached hydrogens (primary N) is 2. The summed E-state index contributed by atoms with van der Waals surface area (Å²) in [5, 5.41) is 14.3. The molecule has 10 nitrogen and oxygen atoms in total. The number of hydrogen-bond donors (Lipinski definition) is 5. The second kappa shape index (κ2) is 11.8. The molecular formula is C21H25N5O5.